The first-order valence-electron chi connectivity index (χ1n) is 6.57. The second kappa shape index (κ2) is 5.72. The SMILES string of the molecule is COC(=O)c1c(N)cccc1CSc1nnnn1C1CC1. The van der Waals surface area contributed by atoms with Crippen molar-refractivity contribution in [1.82, 2.24) is 20.2 Å². The van der Waals surface area contributed by atoms with Crippen LogP contribution in [-0.4, -0.2) is 33.3 Å². The van der Waals surface area contributed by atoms with Crippen LogP contribution in [0.4, 0.5) is 5.69 Å². The summed E-state index contributed by atoms with van der Waals surface area (Å²) in [4.78, 5) is 11.8. The molecule has 1 aromatic carbocycles. The maximum Gasteiger partial charge on any atom is 0.340 e. The molecule has 0 spiro atoms. The average Bonchev–Trinajstić information content (AvgIpc) is 3.23. The van der Waals surface area contributed by atoms with Gasteiger partial charge in [0.05, 0.1) is 18.7 Å². The van der Waals surface area contributed by atoms with Crippen LogP contribution in [0, 0.1) is 0 Å². The summed E-state index contributed by atoms with van der Waals surface area (Å²) >= 11 is 1.49. The number of esters is 1. The minimum atomic E-state index is -0.425. The highest BCUT2D eigenvalue weighted by molar-refractivity contribution is 7.98. The van der Waals surface area contributed by atoms with Crippen LogP contribution in [0.5, 0.6) is 0 Å². The molecule has 3 rings (SSSR count). The Bertz CT molecular complexity index is 668. The topological polar surface area (TPSA) is 95.9 Å². The van der Waals surface area contributed by atoms with Crippen LogP contribution in [0.3, 0.4) is 0 Å². The Morgan fingerprint density at radius 2 is 2.33 bits per heavy atom. The fourth-order valence-corrected chi connectivity index (χ4v) is 3.00. The van der Waals surface area contributed by atoms with Crippen LogP contribution >= 0.6 is 11.8 Å². The Morgan fingerprint density at radius 3 is 3.05 bits per heavy atom. The number of carbonyl (C=O) groups excluding carboxylic acids is 1. The highest BCUT2D eigenvalue weighted by atomic mass is 32.2. The molecule has 7 nitrogen and oxygen atoms in total. The van der Waals surface area contributed by atoms with E-state index in [-0.39, 0.29) is 0 Å². The summed E-state index contributed by atoms with van der Waals surface area (Å²) in [7, 11) is 1.35. The van der Waals surface area contributed by atoms with Crippen molar-refractivity contribution < 1.29 is 9.53 Å². The quantitative estimate of drug-likeness (QED) is 0.510. The number of hydrogen-bond acceptors (Lipinski definition) is 7. The molecule has 0 bridgehead atoms. The summed E-state index contributed by atoms with van der Waals surface area (Å²) in [5, 5.41) is 12.5. The third-order valence-electron chi connectivity index (χ3n) is 3.28. The van der Waals surface area contributed by atoms with Crippen LogP contribution in [0.2, 0.25) is 0 Å². The van der Waals surface area contributed by atoms with Gasteiger partial charge in [-0.1, -0.05) is 23.9 Å². The normalized spacial score (nSPS) is 14.1. The molecule has 0 unspecified atom stereocenters. The number of nitrogens with two attached hydrogens (primary N) is 1. The second-order valence-corrected chi connectivity index (χ2v) is 5.74. The number of benzene rings is 1. The van der Waals surface area contributed by atoms with Gasteiger partial charge in [-0.25, -0.2) is 9.48 Å². The summed E-state index contributed by atoms with van der Waals surface area (Å²) in [6.45, 7) is 0. The van der Waals surface area contributed by atoms with Gasteiger partial charge < -0.3 is 10.5 Å². The Labute approximate surface area is 125 Å². The van der Waals surface area contributed by atoms with E-state index in [1.54, 1.807) is 6.07 Å². The smallest absolute Gasteiger partial charge is 0.340 e. The van der Waals surface area contributed by atoms with Gasteiger partial charge in [0, 0.05) is 11.4 Å². The van der Waals surface area contributed by atoms with Gasteiger partial charge >= 0.3 is 5.97 Å². The van der Waals surface area contributed by atoms with E-state index in [0.29, 0.717) is 23.0 Å². The number of tetrazole rings is 1. The fourth-order valence-electron chi connectivity index (χ4n) is 2.06. The van der Waals surface area contributed by atoms with Crippen molar-refractivity contribution in [3.05, 3.63) is 29.3 Å². The lowest BCUT2D eigenvalue weighted by atomic mass is 10.1. The van der Waals surface area contributed by atoms with Crippen molar-refractivity contribution in [2.24, 2.45) is 0 Å². The van der Waals surface area contributed by atoms with E-state index >= 15 is 0 Å². The summed E-state index contributed by atoms with van der Waals surface area (Å²) in [5.74, 6) is 0.133. The minimum Gasteiger partial charge on any atom is -0.465 e. The Kier molecular flexibility index (Phi) is 3.78. The minimum absolute atomic E-state index is 0.415. The number of carbonyl (C=O) groups is 1. The Hall–Kier alpha value is -2.09. The number of ether oxygens (including phenoxy) is 1. The monoisotopic (exact) mass is 305 g/mol. The number of hydrogen-bond donors (Lipinski definition) is 1. The third kappa shape index (κ3) is 2.85. The van der Waals surface area contributed by atoms with E-state index in [2.05, 4.69) is 15.5 Å². The number of rotatable bonds is 5. The van der Waals surface area contributed by atoms with Crippen LogP contribution in [0.15, 0.2) is 23.4 Å². The second-order valence-electron chi connectivity index (χ2n) is 4.80. The lowest BCUT2D eigenvalue weighted by Gasteiger charge is -2.10. The van der Waals surface area contributed by atoms with Crippen molar-refractivity contribution in [1.29, 1.82) is 0 Å². The van der Waals surface area contributed by atoms with Gasteiger partial charge in [0.25, 0.3) is 0 Å². The molecule has 0 atom stereocenters. The van der Waals surface area contributed by atoms with Crippen LogP contribution in [0.25, 0.3) is 0 Å². The zero-order chi connectivity index (χ0) is 14.8. The fraction of sp³-hybridized carbons (Fsp3) is 0.385. The Morgan fingerprint density at radius 1 is 1.52 bits per heavy atom. The van der Waals surface area contributed by atoms with Gasteiger partial charge in [-0.3, -0.25) is 0 Å². The number of methoxy groups -OCH3 is 1. The molecule has 0 saturated heterocycles. The highest BCUT2D eigenvalue weighted by Gasteiger charge is 2.28. The summed E-state index contributed by atoms with van der Waals surface area (Å²) in [6, 6.07) is 5.79. The molecule has 8 heteroatoms. The number of aromatic nitrogens is 4. The van der Waals surface area contributed by atoms with E-state index in [0.717, 1.165) is 23.6 Å². The molecule has 1 fully saturated rings. The first-order chi connectivity index (χ1) is 10.2. The molecule has 2 N–H and O–H groups in total. The molecule has 21 heavy (non-hydrogen) atoms. The molecule has 110 valence electrons. The van der Waals surface area contributed by atoms with E-state index in [1.807, 2.05) is 16.8 Å². The molecule has 0 radical (unpaired) electrons. The lowest BCUT2D eigenvalue weighted by molar-refractivity contribution is 0.0601. The molecular weight excluding hydrogens is 290 g/mol. The first-order valence-corrected chi connectivity index (χ1v) is 7.55. The van der Waals surface area contributed by atoms with Gasteiger partial charge in [-0.15, -0.1) is 5.10 Å². The summed E-state index contributed by atoms with van der Waals surface area (Å²) < 4.78 is 6.64. The standard InChI is InChI=1S/C13H15N5O2S/c1-20-12(19)11-8(3-2-4-10(11)14)7-21-13-15-16-17-18(13)9-5-6-9/h2-4,9H,5-7,14H2,1H3. The van der Waals surface area contributed by atoms with Crippen molar-refractivity contribution in [3.8, 4) is 0 Å². The number of thioether (sulfide) groups is 1. The van der Waals surface area contributed by atoms with Crippen molar-refractivity contribution in [2.45, 2.75) is 29.8 Å². The van der Waals surface area contributed by atoms with Gasteiger partial charge in [0.15, 0.2) is 0 Å². The van der Waals surface area contributed by atoms with E-state index < -0.39 is 5.97 Å². The number of anilines is 1. The molecule has 1 aromatic heterocycles. The molecule has 0 amide bonds. The molecule has 1 aliphatic rings. The molecule has 1 aliphatic carbocycles. The number of nitrogen functional groups attached to an aromatic ring is 1. The van der Waals surface area contributed by atoms with Gasteiger partial charge in [0.1, 0.15) is 0 Å². The van der Waals surface area contributed by atoms with Crippen LogP contribution in [-0.2, 0) is 10.5 Å². The van der Waals surface area contributed by atoms with E-state index in [1.165, 1.54) is 18.9 Å². The maximum absolute atomic E-state index is 11.8. The maximum atomic E-state index is 11.8. The third-order valence-corrected chi connectivity index (χ3v) is 4.27. The first kappa shape index (κ1) is 13.9. The largest absolute Gasteiger partial charge is 0.465 e. The van der Waals surface area contributed by atoms with Crippen molar-refractivity contribution >= 4 is 23.4 Å². The van der Waals surface area contributed by atoms with E-state index in [9.17, 15) is 4.79 Å². The molecule has 1 heterocycles. The average molecular weight is 305 g/mol. The van der Waals surface area contributed by atoms with Crippen molar-refractivity contribution in [2.75, 3.05) is 12.8 Å². The van der Waals surface area contributed by atoms with E-state index in [4.69, 9.17) is 10.5 Å². The molecule has 1 saturated carbocycles. The lowest BCUT2D eigenvalue weighted by Crippen LogP contribution is -2.09. The Balaban J connectivity index is 1.80. The molecular formula is C13H15N5O2S. The predicted octanol–water partition coefficient (Wildman–Crippen LogP) is 1.67. The van der Waals surface area contributed by atoms with Crippen molar-refractivity contribution in [3.63, 3.8) is 0 Å². The van der Waals surface area contributed by atoms with Gasteiger partial charge in [0.2, 0.25) is 5.16 Å². The van der Waals surface area contributed by atoms with Gasteiger partial charge in [-0.2, -0.15) is 0 Å². The van der Waals surface area contributed by atoms with Crippen LogP contribution < -0.4 is 5.73 Å². The zero-order valence-corrected chi connectivity index (χ0v) is 12.3. The highest BCUT2D eigenvalue weighted by Crippen LogP contribution is 2.37. The van der Waals surface area contributed by atoms with Crippen LogP contribution in [0.1, 0.15) is 34.8 Å². The molecule has 0 aliphatic heterocycles. The zero-order valence-electron chi connectivity index (χ0n) is 11.5. The van der Waals surface area contributed by atoms with Gasteiger partial charge in [-0.05, 0) is 34.9 Å². The molecule has 2 aromatic rings. The summed E-state index contributed by atoms with van der Waals surface area (Å²) in [6.07, 6.45) is 2.23. The summed E-state index contributed by atoms with van der Waals surface area (Å²) in [5.41, 5.74) is 7.53. The number of nitrogens with zero attached hydrogens (tertiary/aromatic N) is 4. The predicted molar refractivity (Wildman–Crippen MR) is 77.8 cm³/mol.